The zero-order valence-electron chi connectivity index (χ0n) is 22.7. The molecular weight excluding hydrogens is 536 g/mol. The molecule has 0 saturated heterocycles. The fourth-order valence-electron chi connectivity index (χ4n) is 4.29. The second-order valence-corrected chi connectivity index (χ2v) is 9.60. The van der Waals surface area contributed by atoms with E-state index in [1.807, 2.05) is 0 Å². The molecule has 0 bridgehead atoms. The minimum atomic E-state index is -0.865. The summed E-state index contributed by atoms with van der Waals surface area (Å²) in [5.41, 5.74) is 1.52. The van der Waals surface area contributed by atoms with Crippen molar-refractivity contribution in [1.82, 2.24) is 4.57 Å². The Balaban J connectivity index is 1.89. The quantitative estimate of drug-likeness (QED) is 0.221. The van der Waals surface area contributed by atoms with Gasteiger partial charge in [0.05, 0.1) is 43.2 Å². The predicted molar refractivity (Wildman–Crippen MR) is 149 cm³/mol. The number of thiazole rings is 1. The third kappa shape index (κ3) is 5.55. The van der Waals surface area contributed by atoms with Gasteiger partial charge in [-0.2, -0.15) is 0 Å². The lowest BCUT2D eigenvalue weighted by Gasteiger charge is -2.25. The van der Waals surface area contributed by atoms with Crippen LogP contribution in [0.5, 0.6) is 23.0 Å². The van der Waals surface area contributed by atoms with E-state index >= 15 is 0 Å². The number of carbonyl (C=O) groups is 2. The van der Waals surface area contributed by atoms with Crippen LogP contribution in [0.3, 0.4) is 0 Å². The Bertz CT molecular complexity index is 1700. The highest BCUT2D eigenvalue weighted by Crippen LogP contribution is 2.36. The van der Waals surface area contributed by atoms with Crippen LogP contribution >= 0.6 is 11.3 Å². The lowest BCUT2D eigenvalue weighted by Crippen LogP contribution is -2.39. The molecule has 1 atom stereocenters. The molecule has 0 radical (unpaired) electrons. The first kappa shape index (κ1) is 28.4. The van der Waals surface area contributed by atoms with E-state index in [9.17, 15) is 14.4 Å². The molecule has 0 N–H and O–H groups in total. The number of nitrogens with zero attached hydrogens (tertiary/aromatic N) is 2. The van der Waals surface area contributed by atoms with Crippen LogP contribution in [0.4, 0.5) is 0 Å². The largest absolute Gasteiger partial charge is 0.493 e. The highest BCUT2D eigenvalue weighted by molar-refractivity contribution is 7.07. The Labute approximate surface area is 234 Å². The maximum Gasteiger partial charge on any atom is 0.338 e. The van der Waals surface area contributed by atoms with E-state index in [4.69, 9.17) is 23.7 Å². The van der Waals surface area contributed by atoms with E-state index in [1.54, 1.807) is 55.5 Å². The highest BCUT2D eigenvalue weighted by Gasteiger charge is 2.33. The molecule has 4 rings (SSSR count). The Kier molecular flexibility index (Phi) is 8.54. The molecule has 10 nitrogen and oxygen atoms in total. The summed E-state index contributed by atoms with van der Waals surface area (Å²) in [6.45, 7) is 6.94. The van der Waals surface area contributed by atoms with Crippen molar-refractivity contribution in [2.75, 3.05) is 27.9 Å². The Morgan fingerprint density at radius 2 is 1.75 bits per heavy atom. The molecule has 11 heteroatoms. The number of ether oxygens (including phenoxy) is 5. The van der Waals surface area contributed by atoms with Crippen molar-refractivity contribution in [3.05, 3.63) is 91.1 Å². The summed E-state index contributed by atoms with van der Waals surface area (Å²) in [5.74, 6) is 0.390. The molecule has 0 amide bonds. The monoisotopic (exact) mass is 564 g/mol. The van der Waals surface area contributed by atoms with Gasteiger partial charge in [-0.05, 0) is 48.4 Å². The first-order chi connectivity index (χ1) is 19.2. The zero-order chi connectivity index (χ0) is 29.0. The van der Waals surface area contributed by atoms with E-state index in [0.717, 1.165) is 0 Å². The van der Waals surface area contributed by atoms with E-state index in [0.29, 0.717) is 44.3 Å². The third-order valence-electron chi connectivity index (χ3n) is 6.03. The van der Waals surface area contributed by atoms with Crippen LogP contribution in [0, 0.1) is 0 Å². The molecule has 2 heterocycles. The van der Waals surface area contributed by atoms with Crippen molar-refractivity contribution in [2.45, 2.75) is 19.9 Å². The minimum absolute atomic E-state index is 0.203. The lowest BCUT2D eigenvalue weighted by atomic mass is 9.95. The highest BCUT2D eigenvalue weighted by atomic mass is 32.1. The van der Waals surface area contributed by atoms with Gasteiger partial charge in [0.25, 0.3) is 5.56 Å². The van der Waals surface area contributed by atoms with Crippen LogP contribution in [0.2, 0.25) is 0 Å². The van der Waals surface area contributed by atoms with Gasteiger partial charge in [-0.25, -0.2) is 9.79 Å². The van der Waals surface area contributed by atoms with Crippen molar-refractivity contribution in [3.8, 4) is 23.0 Å². The number of rotatable bonds is 9. The van der Waals surface area contributed by atoms with Gasteiger partial charge in [0, 0.05) is 6.92 Å². The summed E-state index contributed by atoms with van der Waals surface area (Å²) in [7, 11) is 4.23. The van der Waals surface area contributed by atoms with Crippen LogP contribution in [-0.2, 0) is 14.3 Å². The van der Waals surface area contributed by atoms with E-state index in [-0.39, 0.29) is 22.6 Å². The summed E-state index contributed by atoms with van der Waals surface area (Å²) >= 11 is 1.19. The zero-order valence-corrected chi connectivity index (χ0v) is 23.5. The molecule has 3 aromatic rings. The maximum atomic E-state index is 13.8. The standard InChI is InChI=1S/C29H28N2O8S/c1-7-12-38-20-10-8-18(13-22(20)35-4)14-24-27(33)31-26(25(28(34)37-6)16(2)30-29(31)40-24)19-9-11-21(39-17(3)32)23(15-19)36-5/h7-11,13-15,26H,1,12H2,2-6H3/b24-14+/t26-/m1/s1. The first-order valence-corrected chi connectivity index (χ1v) is 12.9. The van der Waals surface area contributed by atoms with Gasteiger partial charge < -0.3 is 23.7 Å². The van der Waals surface area contributed by atoms with Crippen molar-refractivity contribution in [1.29, 1.82) is 0 Å². The third-order valence-corrected chi connectivity index (χ3v) is 7.01. The molecule has 1 aliphatic heterocycles. The van der Waals surface area contributed by atoms with Crippen LogP contribution in [-0.4, -0.2) is 44.4 Å². The molecule has 1 aromatic heterocycles. The van der Waals surface area contributed by atoms with E-state index in [2.05, 4.69) is 11.6 Å². The Morgan fingerprint density at radius 3 is 2.40 bits per heavy atom. The fraction of sp³-hybridized carbons (Fsp3) is 0.241. The smallest absolute Gasteiger partial charge is 0.338 e. The van der Waals surface area contributed by atoms with E-state index in [1.165, 1.54) is 44.2 Å². The summed E-state index contributed by atoms with van der Waals surface area (Å²) in [6, 6.07) is 9.29. The van der Waals surface area contributed by atoms with Crippen LogP contribution in [0.25, 0.3) is 6.08 Å². The fourth-order valence-corrected chi connectivity index (χ4v) is 5.34. The number of carbonyl (C=O) groups excluding carboxylic acids is 2. The second kappa shape index (κ2) is 12.0. The number of hydrogen-bond acceptors (Lipinski definition) is 10. The Morgan fingerprint density at radius 1 is 1.05 bits per heavy atom. The van der Waals surface area contributed by atoms with Gasteiger partial charge in [-0.1, -0.05) is 36.1 Å². The SMILES string of the molecule is C=CCOc1ccc(/C=c2/sc3n(c2=O)[C@H](c2ccc(OC(C)=O)c(OC)c2)C(C(=O)OC)=C(C)N=3)cc1OC. The van der Waals surface area contributed by atoms with Crippen LogP contribution < -0.4 is 33.8 Å². The minimum Gasteiger partial charge on any atom is -0.493 e. The van der Waals surface area contributed by atoms with Gasteiger partial charge in [0.1, 0.15) is 6.61 Å². The van der Waals surface area contributed by atoms with Gasteiger partial charge in [-0.15, -0.1) is 0 Å². The summed E-state index contributed by atoms with van der Waals surface area (Å²) in [5, 5.41) is 0. The molecular formula is C29H28N2O8S. The normalized spacial score (nSPS) is 14.6. The topological polar surface area (TPSA) is 115 Å². The van der Waals surface area contributed by atoms with Gasteiger partial charge in [0.15, 0.2) is 27.8 Å². The molecule has 1 aliphatic rings. The summed E-state index contributed by atoms with van der Waals surface area (Å²) in [6.07, 6.45) is 3.36. The average molecular weight is 565 g/mol. The number of fused-ring (bicyclic) bond motifs is 1. The number of hydrogen-bond donors (Lipinski definition) is 0. The summed E-state index contributed by atoms with van der Waals surface area (Å²) < 4.78 is 28.6. The lowest BCUT2D eigenvalue weighted by molar-refractivity contribution is -0.136. The molecule has 208 valence electrons. The summed E-state index contributed by atoms with van der Waals surface area (Å²) in [4.78, 5) is 43.3. The van der Waals surface area contributed by atoms with Gasteiger partial charge >= 0.3 is 11.9 Å². The Hall–Kier alpha value is -4.64. The van der Waals surface area contributed by atoms with E-state index < -0.39 is 18.0 Å². The van der Waals surface area contributed by atoms with Gasteiger partial charge in [-0.3, -0.25) is 14.2 Å². The number of benzene rings is 2. The number of aromatic nitrogens is 1. The van der Waals surface area contributed by atoms with Crippen molar-refractivity contribution in [3.63, 3.8) is 0 Å². The number of methoxy groups -OCH3 is 3. The molecule has 0 aliphatic carbocycles. The molecule has 0 fully saturated rings. The van der Waals surface area contributed by atoms with Crippen molar-refractivity contribution in [2.24, 2.45) is 4.99 Å². The number of allylic oxidation sites excluding steroid dienone is 1. The maximum absolute atomic E-state index is 13.8. The average Bonchev–Trinajstić information content (AvgIpc) is 3.24. The number of esters is 2. The van der Waals surface area contributed by atoms with Crippen LogP contribution in [0.1, 0.15) is 31.0 Å². The van der Waals surface area contributed by atoms with Crippen LogP contribution in [0.15, 0.2) is 70.1 Å². The molecule has 0 saturated carbocycles. The second-order valence-electron chi connectivity index (χ2n) is 8.59. The molecule has 0 spiro atoms. The molecule has 2 aromatic carbocycles. The van der Waals surface area contributed by atoms with Crippen molar-refractivity contribution < 1.29 is 33.3 Å². The van der Waals surface area contributed by atoms with Crippen molar-refractivity contribution >= 4 is 29.4 Å². The predicted octanol–water partition coefficient (Wildman–Crippen LogP) is 2.92. The molecule has 0 unspecified atom stereocenters. The molecule has 40 heavy (non-hydrogen) atoms. The first-order valence-electron chi connectivity index (χ1n) is 12.1. The van der Waals surface area contributed by atoms with Gasteiger partial charge in [0.2, 0.25) is 0 Å².